The molecule has 0 heterocycles. The highest BCUT2D eigenvalue weighted by atomic mass is 16.5. The van der Waals surface area contributed by atoms with Crippen LogP contribution in [-0.2, 0) is 9.53 Å². The van der Waals surface area contributed by atoms with Gasteiger partial charge in [0.15, 0.2) is 6.10 Å². The van der Waals surface area contributed by atoms with Crippen molar-refractivity contribution in [1.29, 1.82) is 0 Å². The van der Waals surface area contributed by atoms with E-state index in [4.69, 9.17) is 10.5 Å². The first-order valence-corrected chi connectivity index (χ1v) is 6.35. The zero-order chi connectivity index (χ0) is 14.0. The Bertz CT molecular complexity index is 509. The van der Waals surface area contributed by atoms with Crippen molar-refractivity contribution >= 4 is 17.6 Å². The second kappa shape index (κ2) is 5.30. The van der Waals surface area contributed by atoms with Crippen LogP contribution in [0, 0.1) is 6.92 Å². The Morgan fingerprint density at radius 3 is 2.74 bits per heavy atom. The molecule has 102 valence electrons. The van der Waals surface area contributed by atoms with Crippen molar-refractivity contribution in [2.24, 2.45) is 0 Å². The number of carbonyl (C=O) groups excluding carboxylic acids is 2. The Labute approximate surface area is 112 Å². The zero-order valence-corrected chi connectivity index (χ0v) is 11.1. The number of nitrogens with one attached hydrogen (secondary N) is 1. The maximum atomic E-state index is 12.0. The average molecular weight is 262 g/mol. The van der Waals surface area contributed by atoms with Gasteiger partial charge in [-0.2, -0.15) is 0 Å². The maximum absolute atomic E-state index is 12.0. The van der Waals surface area contributed by atoms with Crippen molar-refractivity contribution in [3.8, 4) is 0 Å². The van der Waals surface area contributed by atoms with Gasteiger partial charge in [-0.15, -0.1) is 0 Å². The van der Waals surface area contributed by atoms with E-state index in [1.807, 2.05) is 13.0 Å². The van der Waals surface area contributed by atoms with E-state index in [9.17, 15) is 9.59 Å². The smallest absolute Gasteiger partial charge is 0.341 e. The Hall–Kier alpha value is -2.04. The Morgan fingerprint density at radius 1 is 1.42 bits per heavy atom. The molecule has 0 saturated heterocycles. The second-order valence-electron chi connectivity index (χ2n) is 4.87. The Kier molecular flexibility index (Phi) is 3.74. The summed E-state index contributed by atoms with van der Waals surface area (Å²) in [5.74, 6) is -0.832. The number of nitrogen functional groups attached to an aromatic ring is 1. The average Bonchev–Trinajstić information content (AvgIpc) is 3.16. The molecule has 5 nitrogen and oxygen atoms in total. The lowest BCUT2D eigenvalue weighted by Gasteiger charge is -2.14. The molecule has 0 spiro atoms. The predicted octanol–water partition coefficient (Wildman–Crippen LogP) is 1.40. The number of esters is 1. The fraction of sp³-hybridized carbons (Fsp3) is 0.429. The van der Waals surface area contributed by atoms with Gasteiger partial charge in [-0.25, -0.2) is 4.79 Å². The van der Waals surface area contributed by atoms with Crippen LogP contribution < -0.4 is 11.1 Å². The largest absolute Gasteiger partial charge is 0.449 e. The van der Waals surface area contributed by atoms with Crippen LogP contribution in [0.4, 0.5) is 5.69 Å². The molecule has 2 rings (SSSR count). The Balaban J connectivity index is 1.99. The first-order valence-electron chi connectivity index (χ1n) is 6.35. The molecule has 0 aliphatic heterocycles. The van der Waals surface area contributed by atoms with Gasteiger partial charge in [-0.1, -0.05) is 12.1 Å². The minimum Gasteiger partial charge on any atom is -0.449 e. The molecule has 1 aromatic carbocycles. The number of hydrogen-bond donors (Lipinski definition) is 2. The normalized spacial score (nSPS) is 15.7. The summed E-state index contributed by atoms with van der Waals surface area (Å²) in [7, 11) is 0. The molecule has 1 aromatic rings. The zero-order valence-electron chi connectivity index (χ0n) is 11.1. The van der Waals surface area contributed by atoms with Crippen molar-refractivity contribution in [2.45, 2.75) is 38.8 Å². The monoisotopic (exact) mass is 262 g/mol. The van der Waals surface area contributed by atoms with Crippen LogP contribution in [0.3, 0.4) is 0 Å². The molecule has 1 amide bonds. The summed E-state index contributed by atoms with van der Waals surface area (Å²) in [5, 5.41) is 2.79. The number of aryl methyl sites for hydroxylation is 1. The lowest BCUT2D eigenvalue weighted by molar-refractivity contribution is -0.129. The number of amides is 1. The molecule has 0 bridgehead atoms. The number of hydrogen-bond acceptors (Lipinski definition) is 4. The molecule has 1 fully saturated rings. The molecule has 0 aromatic heterocycles. The molecule has 19 heavy (non-hydrogen) atoms. The van der Waals surface area contributed by atoms with Gasteiger partial charge in [0.2, 0.25) is 0 Å². The van der Waals surface area contributed by atoms with Crippen molar-refractivity contribution in [3.63, 3.8) is 0 Å². The van der Waals surface area contributed by atoms with Gasteiger partial charge >= 0.3 is 5.97 Å². The van der Waals surface area contributed by atoms with Crippen molar-refractivity contribution in [3.05, 3.63) is 29.3 Å². The molecular formula is C14H18N2O3. The number of rotatable bonds is 4. The number of benzene rings is 1. The third-order valence-electron chi connectivity index (χ3n) is 3.12. The van der Waals surface area contributed by atoms with Crippen LogP contribution in [0.5, 0.6) is 0 Å². The number of para-hydroxylation sites is 1. The van der Waals surface area contributed by atoms with Crippen LogP contribution in [-0.4, -0.2) is 24.0 Å². The van der Waals surface area contributed by atoms with Gasteiger partial charge in [0.1, 0.15) is 0 Å². The quantitative estimate of drug-likeness (QED) is 0.635. The lowest BCUT2D eigenvalue weighted by atomic mass is 10.1. The number of ether oxygens (including phenoxy) is 1. The molecule has 1 aliphatic carbocycles. The highest BCUT2D eigenvalue weighted by Gasteiger charge is 2.27. The van der Waals surface area contributed by atoms with Crippen LogP contribution >= 0.6 is 0 Å². The SMILES string of the molecule is Cc1cccc(C(=O)OC(C)C(=O)NC2CC2)c1N. The van der Waals surface area contributed by atoms with E-state index in [-0.39, 0.29) is 11.9 Å². The minimum atomic E-state index is -0.812. The van der Waals surface area contributed by atoms with Crippen molar-refractivity contribution in [1.82, 2.24) is 5.32 Å². The van der Waals surface area contributed by atoms with E-state index >= 15 is 0 Å². The van der Waals surface area contributed by atoms with Gasteiger partial charge in [0.25, 0.3) is 5.91 Å². The van der Waals surface area contributed by atoms with E-state index in [0.29, 0.717) is 11.3 Å². The summed E-state index contributed by atoms with van der Waals surface area (Å²) < 4.78 is 5.13. The first-order chi connectivity index (χ1) is 8.99. The summed E-state index contributed by atoms with van der Waals surface area (Å²) in [6, 6.07) is 5.39. The molecule has 1 saturated carbocycles. The lowest BCUT2D eigenvalue weighted by Crippen LogP contribution is -2.37. The van der Waals surface area contributed by atoms with Crippen LogP contribution in [0.2, 0.25) is 0 Å². The molecule has 5 heteroatoms. The molecule has 1 atom stereocenters. The topological polar surface area (TPSA) is 81.4 Å². The minimum absolute atomic E-state index is 0.248. The summed E-state index contributed by atoms with van der Waals surface area (Å²) in [6.07, 6.45) is 1.18. The second-order valence-corrected chi connectivity index (χ2v) is 4.87. The van der Waals surface area contributed by atoms with Crippen molar-refractivity contribution in [2.75, 3.05) is 5.73 Å². The maximum Gasteiger partial charge on any atom is 0.341 e. The van der Waals surface area contributed by atoms with Gasteiger partial charge in [-0.05, 0) is 38.3 Å². The highest BCUT2D eigenvalue weighted by molar-refractivity contribution is 5.97. The van der Waals surface area contributed by atoms with Crippen LogP contribution in [0.1, 0.15) is 35.7 Å². The third-order valence-corrected chi connectivity index (χ3v) is 3.12. The van der Waals surface area contributed by atoms with Gasteiger partial charge in [0.05, 0.1) is 5.56 Å². The van der Waals surface area contributed by atoms with Gasteiger partial charge in [-0.3, -0.25) is 4.79 Å². The summed E-state index contributed by atoms with van der Waals surface area (Å²) in [5.41, 5.74) is 7.32. The molecule has 3 N–H and O–H groups in total. The molecule has 1 unspecified atom stereocenters. The van der Waals surface area contributed by atoms with E-state index in [1.54, 1.807) is 19.1 Å². The third kappa shape index (κ3) is 3.24. The molecule has 0 radical (unpaired) electrons. The fourth-order valence-corrected chi connectivity index (χ4v) is 1.68. The van der Waals surface area contributed by atoms with Gasteiger partial charge < -0.3 is 15.8 Å². The van der Waals surface area contributed by atoms with Gasteiger partial charge in [0, 0.05) is 11.7 Å². The summed E-state index contributed by atoms with van der Waals surface area (Å²) in [4.78, 5) is 23.6. The van der Waals surface area contributed by atoms with Crippen molar-refractivity contribution < 1.29 is 14.3 Å². The standard InChI is InChI=1S/C14H18N2O3/c1-8-4-3-5-11(12(8)15)14(18)19-9(2)13(17)16-10-6-7-10/h3-5,9-10H,6-7,15H2,1-2H3,(H,16,17). The van der Waals surface area contributed by atoms with E-state index in [2.05, 4.69) is 5.32 Å². The number of anilines is 1. The fourth-order valence-electron chi connectivity index (χ4n) is 1.68. The molecule has 1 aliphatic rings. The van der Waals surface area contributed by atoms with Crippen LogP contribution in [0.15, 0.2) is 18.2 Å². The van der Waals surface area contributed by atoms with Crippen LogP contribution in [0.25, 0.3) is 0 Å². The number of nitrogens with two attached hydrogens (primary N) is 1. The Morgan fingerprint density at radius 2 is 2.11 bits per heavy atom. The highest BCUT2D eigenvalue weighted by Crippen LogP contribution is 2.20. The number of carbonyl (C=O) groups is 2. The van der Waals surface area contributed by atoms with E-state index in [0.717, 1.165) is 18.4 Å². The van der Waals surface area contributed by atoms with E-state index in [1.165, 1.54) is 0 Å². The van der Waals surface area contributed by atoms with E-state index < -0.39 is 12.1 Å². The summed E-state index contributed by atoms with van der Waals surface area (Å²) >= 11 is 0. The molecular weight excluding hydrogens is 244 g/mol. The first kappa shape index (κ1) is 13.4. The summed E-state index contributed by atoms with van der Waals surface area (Å²) in [6.45, 7) is 3.37. The predicted molar refractivity (Wildman–Crippen MR) is 71.6 cm³/mol.